The van der Waals surface area contributed by atoms with Crippen LogP contribution in [-0.2, 0) is 21.4 Å². The molecule has 1 spiro atoms. The lowest BCUT2D eigenvalue weighted by Gasteiger charge is -2.57. The van der Waals surface area contributed by atoms with Crippen LogP contribution in [0, 0.1) is 5.41 Å². The summed E-state index contributed by atoms with van der Waals surface area (Å²) in [6, 6.07) is 13.8. The summed E-state index contributed by atoms with van der Waals surface area (Å²) in [4.78, 5) is 48.1. The van der Waals surface area contributed by atoms with E-state index in [1.165, 1.54) is 10.3 Å². The molecule has 1 unspecified atom stereocenters. The number of amides is 2. The van der Waals surface area contributed by atoms with E-state index in [2.05, 4.69) is 39.8 Å². The minimum atomic E-state index is -5.08. The highest BCUT2D eigenvalue weighted by Crippen LogP contribution is 2.38. The van der Waals surface area contributed by atoms with Crippen molar-refractivity contribution in [2.45, 2.75) is 25.1 Å². The van der Waals surface area contributed by atoms with E-state index in [0.29, 0.717) is 17.4 Å². The normalized spacial score (nSPS) is 20.1. The molecule has 10 nitrogen and oxygen atoms in total. The molecule has 2 aromatic carbocycles. The zero-order valence-corrected chi connectivity index (χ0v) is 20.9. The van der Waals surface area contributed by atoms with Crippen LogP contribution in [0.2, 0.25) is 0 Å². The maximum Gasteiger partial charge on any atom is 0.490 e. The number of hydrogen-bond acceptors (Lipinski definition) is 6. The Bertz CT molecular complexity index is 1510. The molecule has 3 aromatic rings. The number of imidazole rings is 1. The highest BCUT2D eigenvalue weighted by Gasteiger charge is 2.47. The first-order valence-corrected chi connectivity index (χ1v) is 12.3. The summed E-state index contributed by atoms with van der Waals surface area (Å²) in [6.07, 6.45) is -4.51. The van der Waals surface area contributed by atoms with Gasteiger partial charge in [-0.15, -0.1) is 0 Å². The molecule has 3 aliphatic rings. The average Bonchev–Trinajstić information content (AvgIpc) is 3.07. The Morgan fingerprint density at radius 2 is 1.62 bits per heavy atom. The summed E-state index contributed by atoms with van der Waals surface area (Å²) in [5.74, 6) is -3.46. The van der Waals surface area contributed by atoms with E-state index in [-0.39, 0.29) is 18.0 Å². The molecule has 206 valence electrons. The van der Waals surface area contributed by atoms with Crippen molar-refractivity contribution < 1.29 is 32.7 Å². The number of aliphatic carboxylic acids is 1. The number of nitrogens with one attached hydrogen (secondary N) is 2. The van der Waals surface area contributed by atoms with E-state index in [9.17, 15) is 27.6 Å². The Hall–Kier alpha value is -4.13. The number of alkyl halides is 3. The number of piperidine rings is 1. The first-order chi connectivity index (χ1) is 18.4. The lowest BCUT2D eigenvalue weighted by molar-refractivity contribution is -0.192. The van der Waals surface area contributed by atoms with Crippen molar-refractivity contribution in [3.05, 3.63) is 52.9 Å². The van der Waals surface area contributed by atoms with Crippen molar-refractivity contribution in [2.75, 3.05) is 31.1 Å². The van der Waals surface area contributed by atoms with Gasteiger partial charge in [-0.05, 0) is 41.8 Å². The van der Waals surface area contributed by atoms with Crippen LogP contribution in [0.1, 0.15) is 18.9 Å². The Kier molecular flexibility index (Phi) is 6.49. The lowest BCUT2D eigenvalue weighted by atomic mass is 9.74. The van der Waals surface area contributed by atoms with Crippen LogP contribution in [-0.4, -0.2) is 64.4 Å². The number of imide groups is 1. The van der Waals surface area contributed by atoms with Crippen LogP contribution in [0.3, 0.4) is 0 Å². The molecule has 6 rings (SSSR count). The van der Waals surface area contributed by atoms with Crippen molar-refractivity contribution >= 4 is 34.5 Å². The number of benzene rings is 2. The van der Waals surface area contributed by atoms with Gasteiger partial charge in [0.05, 0.1) is 11.0 Å². The molecule has 13 heteroatoms. The summed E-state index contributed by atoms with van der Waals surface area (Å²) in [6.45, 7) is 4.47. The number of hydrogen-bond donors (Lipinski definition) is 3. The Balaban J connectivity index is 0.000000392. The zero-order valence-electron chi connectivity index (χ0n) is 20.9. The highest BCUT2D eigenvalue weighted by atomic mass is 19.4. The number of fused-ring (bicyclic) bond motifs is 1. The van der Waals surface area contributed by atoms with Gasteiger partial charge < -0.3 is 15.3 Å². The molecule has 3 aliphatic heterocycles. The standard InChI is InChI=1S/C24H25N5O3.C2HF3O2/c1-27-20-10-16(15-2-5-17(6-3-15)28-13-24(14-28)11-25-12-24)4-7-18(20)29(23(27)32)19-8-9-21(30)26-22(19)31;3-2(4,5)1(6)7/h2-7,10,19,25H,8-9,11-14H2,1H3,(H,26,30,31);(H,6,7). The van der Waals surface area contributed by atoms with Crippen molar-refractivity contribution in [1.29, 1.82) is 0 Å². The first kappa shape index (κ1) is 26.5. The molecule has 2 amide bonds. The van der Waals surface area contributed by atoms with Crippen molar-refractivity contribution in [2.24, 2.45) is 12.5 Å². The summed E-state index contributed by atoms with van der Waals surface area (Å²) < 4.78 is 34.8. The van der Waals surface area contributed by atoms with E-state index in [0.717, 1.165) is 42.8 Å². The largest absolute Gasteiger partial charge is 0.490 e. The maximum atomic E-state index is 13.0. The molecule has 0 bridgehead atoms. The van der Waals surface area contributed by atoms with Gasteiger partial charge in [-0.1, -0.05) is 18.2 Å². The van der Waals surface area contributed by atoms with Crippen LogP contribution in [0.5, 0.6) is 0 Å². The predicted molar refractivity (Wildman–Crippen MR) is 135 cm³/mol. The Morgan fingerprint density at radius 1 is 1.00 bits per heavy atom. The van der Waals surface area contributed by atoms with Crippen LogP contribution in [0.15, 0.2) is 47.3 Å². The summed E-state index contributed by atoms with van der Waals surface area (Å²) in [5.41, 5.74) is 5.05. The third-order valence-corrected chi connectivity index (χ3v) is 7.47. The monoisotopic (exact) mass is 545 g/mol. The van der Waals surface area contributed by atoms with Gasteiger partial charge in [-0.2, -0.15) is 13.2 Å². The van der Waals surface area contributed by atoms with Gasteiger partial charge in [0.25, 0.3) is 0 Å². The zero-order chi connectivity index (χ0) is 28.1. The van der Waals surface area contributed by atoms with Gasteiger partial charge in [-0.3, -0.25) is 24.0 Å². The number of aryl methyl sites for hydroxylation is 1. The minimum Gasteiger partial charge on any atom is -0.475 e. The summed E-state index contributed by atoms with van der Waals surface area (Å²) in [5, 5.41) is 12.8. The van der Waals surface area contributed by atoms with Gasteiger partial charge in [0.2, 0.25) is 11.8 Å². The quantitative estimate of drug-likeness (QED) is 0.430. The number of carbonyl (C=O) groups excluding carboxylic acids is 2. The number of aromatic nitrogens is 2. The van der Waals surface area contributed by atoms with Crippen LogP contribution < -0.4 is 21.2 Å². The topological polar surface area (TPSA) is 126 Å². The number of carbonyl (C=O) groups is 3. The molecule has 1 atom stereocenters. The third kappa shape index (κ3) is 4.89. The second-order valence-electron chi connectivity index (χ2n) is 10.2. The van der Waals surface area contributed by atoms with Crippen LogP contribution >= 0.6 is 0 Å². The van der Waals surface area contributed by atoms with Crippen molar-refractivity contribution in [3.8, 4) is 11.1 Å². The van der Waals surface area contributed by atoms with E-state index >= 15 is 0 Å². The van der Waals surface area contributed by atoms with Crippen LogP contribution in [0.4, 0.5) is 18.9 Å². The predicted octanol–water partition coefficient (Wildman–Crippen LogP) is 2.03. The minimum absolute atomic E-state index is 0.234. The van der Waals surface area contributed by atoms with Gasteiger partial charge >= 0.3 is 17.8 Å². The molecule has 3 saturated heterocycles. The third-order valence-electron chi connectivity index (χ3n) is 7.47. The van der Waals surface area contributed by atoms with E-state index in [1.54, 1.807) is 11.6 Å². The average molecular weight is 546 g/mol. The molecule has 0 aliphatic carbocycles. The SMILES string of the molecule is Cn1c(=O)n(C2CCC(=O)NC2=O)c2ccc(-c3ccc(N4CC5(CNC5)C4)cc3)cc21.O=C(O)C(F)(F)F. The molecule has 39 heavy (non-hydrogen) atoms. The van der Waals surface area contributed by atoms with Gasteiger partial charge in [0.1, 0.15) is 6.04 Å². The van der Waals surface area contributed by atoms with Crippen molar-refractivity contribution in [3.63, 3.8) is 0 Å². The molecular weight excluding hydrogens is 519 g/mol. The van der Waals surface area contributed by atoms with Gasteiger partial charge in [0.15, 0.2) is 0 Å². The van der Waals surface area contributed by atoms with E-state index in [4.69, 9.17) is 9.90 Å². The fourth-order valence-electron chi connectivity index (χ4n) is 5.29. The molecule has 3 N–H and O–H groups in total. The number of anilines is 1. The summed E-state index contributed by atoms with van der Waals surface area (Å²) in [7, 11) is 1.72. The maximum absolute atomic E-state index is 13.0. The number of halogens is 3. The smallest absolute Gasteiger partial charge is 0.475 e. The Labute approximate surface area is 220 Å². The second-order valence-corrected chi connectivity index (χ2v) is 10.2. The fraction of sp³-hybridized carbons (Fsp3) is 0.385. The number of carboxylic acids is 1. The Morgan fingerprint density at radius 3 is 2.15 bits per heavy atom. The molecular formula is C26H26F3N5O5. The van der Waals surface area contributed by atoms with E-state index in [1.807, 2.05) is 18.2 Å². The fourth-order valence-corrected chi connectivity index (χ4v) is 5.29. The van der Waals surface area contributed by atoms with Gasteiger partial charge in [0, 0.05) is 50.7 Å². The lowest BCUT2D eigenvalue weighted by Crippen LogP contribution is -2.71. The second kappa shape index (κ2) is 9.56. The first-order valence-electron chi connectivity index (χ1n) is 12.3. The molecule has 0 radical (unpaired) electrons. The number of rotatable bonds is 3. The summed E-state index contributed by atoms with van der Waals surface area (Å²) >= 11 is 0. The number of carboxylic acid groups (broad SMARTS) is 1. The molecule has 4 heterocycles. The van der Waals surface area contributed by atoms with Gasteiger partial charge in [-0.25, -0.2) is 9.59 Å². The van der Waals surface area contributed by atoms with Crippen molar-refractivity contribution in [1.82, 2.24) is 19.8 Å². The van der Waals surface area contributed by atoms with E-state index < -0.39 is 24.1 Å². The molecule has 3 fully saturated rings. The molecule has 0 saturated carbocycles. The number of nitrogens with zero attached hydrogens (tertiary/aromatic N) is 3. The highest BCUT2D eigenvalue weighted by molar-refractivity contribution is 6.00. The van der Waals surface area contributed by atoms with Crippen LogP contribution in [0.25, 0.3) is 22.2 Å². The molecule has 1 aromatic heterocycles.